The van der Waals surface area contributed by atoms with E-state index in [0.29, 0.717) is 0 Å². The number of hydrogen-bond donors (Lipinski definition) is 2. The van der Waals surface area contributed by atoms with E-state index in [-0.39, 0.29) is 24.8 Å². The first kappa shape index (κ1) is 16.0. The summed E-state index contributed by atoms with van der Waals surface area (Å²) >= 11 is 0. The van der Waals surface area contributed by atoms with Gasteiger partial charge in [0, 0.05) is 6.42 Å². The van der Waals surface area contributed by atoms with E-state index in [2.05, 4.69) is 10.6 Å². The standard InChI is InChI=1S/C18H17FN2O3/c19-14-8-6-13(7-9-14)17-15(10-16(22)21-17)20-18(23)24-11-12-4-2-1-3-5-12/h1-9,15,17H,10-11H2,(H,20,23)(H,21,22)/t15-,17?/m0/s1. The van der Waals surface area contributed by atoms with Crippen LogP contribution in [0.2, 0.25) is 0 Å². The largest absolute Gasteiger partial charge is 0.445 e. The molecule has 3 rings (SSSR count). The second kappa shape index (κ2) is 7.12. The van der Waals surface area contributed by atoms with Crippen LogP contribution in [0, 0.1) is 5.82 Å². The summed E-state index contributed by atoms with van der Waals surface area (Å²) in [6.07, 6.45) is -0.435. The number of carbonyl (C=O) groups is 2. The van der Waals surface area contributed by atoms with Crippen LogP contribution in [0.4, 0.5) is 9.18 Å². The Morgan fingerprint density at radius 3 is 2.58 bits per heavy atom. The van der Waals surface area contributed by atoms with Gasteiger partial charge in [0.15, 0.2) is 0 Å². The second-order valence-electron chi connectivity index (χ2n) is 5.61. The van der Waals surface area contributed by atoms with E-state index in [1.165, 1.54) is 12.1 Å². The lowest BCUT2D eigenvalue weighted by Gasteiger charge is -2.20. The van der Waals surface area contributed by atoms with Crippen LogP contribution in [-0.4, -0.2) is 18.0 Å². The van der Waals surface area contributed by atoms with Gasteiger partial charge in [-0.15, -0.1) is 0 Å². The van der Waals surface area contributed by atoms with Crippen molar-refractivity contribution in [3.8, 4) is 0 Å². The van der Waals surface area contributed by atoms with Gasteiger partial charge < -0.3 is 15.4 Å². The smallest absolute Gasteiger partial charge is 0.407 e. The number of halogens is 1. The molecule has 124 valence electrons. The Hall–Kier alpha value is -2.89. The molecule has 2 aromatic carbocycles. The van der Waals surface area contributed by atoms with Gasteiger partial charge in [0.05, 0.1) is 12.1 Å². The lowest BCUT2D eigenvalue weighted by molar-refractivity contribution is -0.119. The normalized spacial score (nSPS) is 19.6. The Kier molecular flexibility index (Phi) is 4.74. The van der Waals surface area contributed by atoms with Crippen LogP contribution in [0.15, 0.2) is 54.6 Å². The molecule has 1 aliphatic heterocycles. The van der Waals surface area contributed by atoms with E-state index in [4.69, 9.17) is 4.74 Å². The van der Waals surface area contributed by atoms with Crippen LogP contribution >= 0.6 is 0 Å². The van der Waals surface area contributed by atoms with Crippen LogP contribution in [0.1, 0.15) is 23.6 Å². The fourth-order valence-electron chi connectivity index (χ4n) is 2.69. The molecule has 24 heavy (non-hydrogen) atoms. The first-order valence-corrected chi connectivity index (χ1v) is 7.64. The van der Waals surface area contributed by atoms with Crippen LogP contribution in [-0.2, 0) is 16.1 Å². The molecule has 2 N–H and O–H groups in total. The average Bonchev–Trinajstić information content (AvgIpc) is 2.95. The zero-order valence-electron chi connectivity index (χ0n) is 12.9. The maximum absolute atomic E-state index is 13.0. The zero-order chi connectivity index (χ0) is 16.9. The third kappa shape index (κ3) is 3.90. The van der Waals surface area contributed by atoms with Crippen molar-refractivity contribution in [2.24, 2.45) is 0 Å². The summed E-state index contributed by atoms with van der Waals surface area (Å²) in [5.74, 6) is -0.521. The Bertz CT molecular complexity index is 719. The molecule has 2 atom stereocenters. The molecule has 0 saturated carbocycles. The summed E-state index contributed by atoms with van der Waals surface area (Å²) in [6.45, 7) is 0.155. The van der Waals surface area contributed by atoms with E-state index < -0.39 is 18.2 Å². The Labute approximate surface area is 138 Å². The van der Waals surface area contributed by atoms with E-state index in [1.54, 1.807) is 12.1 Å². The predicted molar refractivity (Wildman–Crippen MR) is 85.5 cm³/mol. The van der Waals surface area contributed by atoms with Crippen LogP contribution < -0.4 is 10.6 Å². The second-order valence-corrected chi connectivity index (χ2v) is 5.61. The van der Waals surface area contributed by atoms with Gasteiger partial charge in [0.1, 0.15) is 12.4 Å². The Balaban J connectivity index is 1.60. The highest BCUT2D eigenvalue weighted by Gasteiger charge is 2.34. The minimum absolute atomic E-state index is 0.155. The molecule has 2 amide bonds. The highest BCUT2D eigenvalue weighted by atomic mass is 19.1. The minimum Gasteiger partial charge on any atom is -0.445 e. The highest BCUT2D eigenvalue weighted by molar-refractivity contribution is 5.81. The molecule has 1 heterocycles. The van der Waals surface area contributed by atoms with Gasteiger partial charge in [-0.1, -0.05) is 42.5 Å². The van der Waals surface area contributed by atoms with Crippen molar-refractivity contribution in [2.75, 3.05) is 0 Å². The molecule has 0 aliphatic carbocycles. The molecule has 1 unspecified atom stereocenters. The minimum atomic E-state index is -0.590. The topological polar surface area (TPSA) is 67.4 Å². The molecule has 1 fully saturated rings. The van der Waals surface area contributed by atoms with Gasteiger partial charge in [-0.3, -0.25) is 4.79 Å². The molecule has 1 aliphatic rings. The number of rotatable bonds is 4. The third-order valence-electron chi connectivity index (χ3n) is 3.87. The lowest BCUT2D eigenvalue weighted by atomic mass is 10.0. The summed E-state index contributed by atoms with van der Waals surface area (Å²) in [5, 5.41) is 5.49. The summed E-state index contributed by atoms with van der Waals surface area (Å²) in [5.41, 5.74) is 1.61. The third-order valence-corrected chi connectivity index (χ3v) is 3.87. The van der Waals surface area contributed by atoms with E-state index >= 15 is 0 Å². The van der Waals surface area contributed by atoms with Crippen molar-refractivity contribution in [1.82, 2.24) is 10.6 Å². The number of nitrogens with one attached hydrogen (secondary N) is 2. The lowest BCUT2D eigenvalue weighted by Crippen LogP contribution is -2.38. The van der Waals surface area contributed by atoms with Gasteiger partial charge in [0.2, 0.25) is 5.91 Å². The first-order valence-electron chi connectivity index (χ1n) is 7.64. The first-order chi connectivity index (χ1) is 11.6. The molecule has 0 spiro atoms. The molecule has 0 radical (unpaired) electrons. The number of amides is 2. The Morgan fingerprint density at radius 2 is 1.88 bits per heavy atom. The number of ether oxygens (including phenoxy) is 1. The zero-order valence-corrected chi connectivity index (χ0v) is 12.9. The molecular formula is C18H17FN2O3. The monoisotopic (exact) mass is 328 g/mol. The van der Waals surface area contributed by atoms with E-state index in [9.17, 15) is 14.0 Å². The van der Waals surface area contributed by atoms with E-state index in [1.807, 2.05) is 30.3 Å². The maximum atomic E-state index is 13.0. The van der Waals surface area contributed by atoms with Crippen LogP contribution in [0.3, 0.4) is 0 Å². The van der Waals surface area contributed by atoms with Crippen molar-refractivity contribution in [3.63, 3.8) is 0 Å². The molecule has 0 aromatic heterocycles. The summed E-state index contributed by atoms with van der Waals surface area (Å²) in [6, 6.07) is 14.3. The molecule has 6 heteroatoms. The average molecular weight is 328 g/mol. The van der Waals surface area contributed by atoms with Crippen molar-refractivity contribution in [3.05, 3.63) is 71.5 Å². The van der Waals surface area contributed by atoms with E-state index in [0.717, 1.165) is 11.1 Å². The predicted octanol–water partition coefficient (Wildman–Crippen LogP) is 2.68. The number of alkyl carbamates (subject to hydrolysis) is 1. The number of hydrogen-bond acceptors (Lipinski definition) is 3. The van der Waals surface area contributed by atoms with Crippen LogP contribution in [0.5, 0.6) is 0 Å². The maximum Gasteiger partial charge on any atom is 0.407 e. The Morgan fingerprint density at radius 1 is 1.17 bits per heavy atom. The number of benzene rings is 2. The molecular weight excluding hydrogens is 311 g/mol. The molecule has 5 nitrogen and oxygen atoms in total. The fraction of sp³-hybridized carbons (Fsp3) is 0.222. The van der Waals surface area contributed by atoms with Gasteiger partial charge >= 0.3 is 6.09 Å². The van der Waals surface area contributed by atoms with Gasteiger partial charge in [0.25, 0.3) is 0 Å². The molecule has 1 saturated heterocycles. The SMILES string of the molecule is O=C1C[C@H](NC(=O)OCc2ccccc2)C(c2ccc(F)cc2)N1. The van der Waals surface area contributed by atoms with Crippen molar-refractivity contribution in [2.45, 2.75) is 25.1 Å². The summed E-state index contributed by atoms with van der Waals surface area (Å²) in [4.78, 5) is 23.7. The summed E-state index contributed by atoms with van der Waals surface area (Å²) in [7, 11) is 0. The number of carbonyl (C=O) groups excluding carboxylic acids is 2. The quantitative estimate of drug-likeness (QED) is 0.907. The summed E-state index contributed by atoms with van der Waals surface area (Å²) < 4.78 is 18.2. The molecule has 0 bridgehead atoms. The molecule has 2 aromatic rings. The van der Waals surface area contributed by atoms with Gasteiger partial charge in [-0.25, -0.2) is 9.18 Å². The van der Waals surface area contributed by atoms with Crippen molar-refractivity contribution >= 4 is 12.0 Å². The van der Waals surface area contributed by atoms with Crippen molar-refractivity contribution in [1.29, 1.82) is 0 Å². The fourth-order valence-corrected chi connectivity index (χ4v) is 2.69. The van der Waals surface area contributed by atoms with Crippen LogP contribution in [0.25, 0.3) is 0 Å². The highest BCUT2D eigenvalue weighted by Crippen LogP contribution is 2.24. The van der Waals surface area contributed by atoms with Crippen molar-refractivity contribution < 1.29 is 18.7 Å². The van der Waals surface area contributed by atoms with Gasteiger partial charge in [-0.05, 0) is 23.3 Å². The van der Waals surface area contributed by atoms with Gasteiger partial charge in [-0.2, -0.15) is 0 Å².